The fourth-order valence-electron chi connectivity index (χ4n) is 1.18. The van der Waals surface area contributed by atoms with Crippen LogP contribution in [-0.2, 0) is 4.79 Å². The maximum absolute atomic E-state index is 11.5. The molecule has 0 aliphatic heterocycles. The molecule has 4 N–H and O–H groups in total. The average Bonchev–Trinajstić information content (AvgIpc) is 2.14. The highest BCUT2D eigenvalue weighted by atomic mass is 16.3. The Labute approximate surface area is 85.9 Å². The van der Waals surface area contributed by atoms with E-state index in [0.29, 0.717) is 19.5 Å². The molecule has 0 radical (unpaired) electrons. The van der Waals surface area contributed by atoms with Gasteiger partial charge in [-0.1, -0.05) is 20.8 Å². The van der Waals surface area contributed by atoms with Gasteiger partial charge in [0.15, 0.2) is 0 Å². The molecule has 0 aromatic carbocycles. The number of hydrogen-bond acceptors (Lipinski definition) is 3. The molecule has 14 heavy (non-hydrogen) atoms. The number of amides is 1. The van der Waals surface area contributed by atoms with Crippen LogP contribution in [0.25, 0.3) is 0 Å². The van der Waals surface area contributed by atoms with Crippen molar-refractivity contribution in [3.63, 3.8) is 0 Å². The number of nitrogens with two attached hydrogens (primary N) is 1. The highest BCUT2D eigenvalue weighted by molar-refractivity contribution is 5.79. The highest BCUT2D eigenvalue weighted by Gasteiger charge is 2.20. The van der Waals surface area contributed by atoms with Gasteiger partial charge in [-0.25, -0.2) is 0 Å². The van der Waals surface area contributed by atoms with Crippen molar-refractivity contribution < 1.29 is 9.90 Å². The second kappa shape index (κ2) is 6.79. The van der Waals surface area contributed by atoms with Crippen LogP contribution in [0.5, 0.6) is 0 Å². The van der Waals surface area contributed by atoms with E-state index in [0.717, 1.165) is 0 Å². The summed E-state index contributed by atoms with van der Waals surface area (Å²) in [5.41, 5.74) is 5.49. The van der Waals surface area contributed by atoms with Crippen LogP contribution < -0.4 is 11.1 Å². The third-order valence-electron chi connectivity index (χ3n) is 2.38. The molecule has 0 spiro atoms. The SMILES string of the molecule is CCC(O)CNC(=O)C(CN)C(C)C. The van der Waals surface area contributed by atoms with Crippen LogP contribution in [0.3, 0.4) is 0 Å². The van der Waals surface area contributed by atoms with Gasteiger partial charge in [-0.15, -0.1) is 0 Å². The summed E-state index contributed by atoms with van der Waals surface area (Å²) >= 11 is 0. The number of aliphatic hydroxyl groups excluding tert-OH is 1. The first-order valence-electron chi connectivity index (χ1n) is 5.18. The fourth-order valence-corrected chi connectivity index (χ4v) is 1.18. The van der Waals surface area contributed by atoms with E-state index in [2.05, 4.69) is 5.32 Å². The molecule has 0 aromatic heterocycles. The quantitative estimate of drug-likeness (QED) is 0.572. The summed E-state index contributed by atoms with van der Waals surface area (Å²) < 4.78 is 0. The van der Waals surface area contributed by atoms with Crippen LogP contribution in [0.15, 0.2) is 0 Å². The van der Waals surface area contributed by atoms with Gasteiger partial charge in [0.25, 0.3) is 0 Å². The molecule has 1 amide bonds. The van der Waals surface area contributed by atoms with Crippen LogP contribution in [0.1, 0.15) is 27.2 Å². The highest BCUT2D eigenvalue weighted by Crippen LogP contribution is 2.08. The number of nitrogens with one attached hydrogen (secondary N) is 1. The summed E-state index contributed by atoms with van der Waals surface area (Å²) in [6.45, 7) is 6.48. The molecule has 0 saturated carbocycles. The molecule has 0 rings (SSSR count). The van der Waals surface area contributed by atoms with Crippen molar-refractivity contribution in [2.45, 2.75) is 33.3 Å². The first-order valence-corrected chi connectivity index (χ1v) is 5.18. The topological polar surface area (TPSA) is 75.3 Å². The first-order chi connectivity index (χ1) is 6.52. The van der Waals surface area contributed by atoms with E-state index in [4.69, 9.17) is 5.73 Å². The van der Waals surface area contributed by atoms with Crippen molar-refractivity contribution in [3.8, 4) is 0 Å². The van der Waals surface area contributed by atoms with E-state index in [1.165, 1.54) is 0 Å². The van der Waals surface area contributed by atoms with Crippen molar-refractivity contribution in [1.29, 1.82) is 0 Å². The maximum Gasteiger partial charge on any atom is 0.224 e. The van der Waals surface area contributed by atoms with Crippen LogP contribution in [-0.4, -0.2) is 30.2 Å². The van der Waals surface area contributed by atoms with E-state index in [9.17, 15) is 9.90 Å². The summed E-state index contributed by atoms with van der Waals surface area (Å²) in [4.78, 5) is 11.5. The van der Waals surface area contributed by atoms with Gasteiger partial charge >= 0.3 is 0 Å². The predicted octanol–water partition coefficient (Wildman–Crippen LogP) is 0.104. The first kappa shape index (κ1) is 13.4. The number of carbonyl (C=O) groups is 1. The van der Waals surface area contributed by atoms with Crippen molar-refractivity contribution in [2.24, 2.45) is 17.6 Å². The Hall–Kier alpha value is -0.610. The molecule has 2 unspecified atom stereocenters. The number of rotatable bonds is 6. The molecule has 0 fully saturated rings. The lowest BCUT2D eigenvalue weighted by Crippen LogP contribution is -2.41. The smallest absolute Gasteiger partial charge is 0.224 e. The van der Waals surface area contributed by atoms with Gasteiger partial charge in [0.1, 0.15) is 0 Å². The monoisotopic (exact) mass is 202 g/mol. The van der Waals surface area contributed by atoms with Gasteiger partial charge in [0, 0.05) is 13.1 Å². The van der Waals surface area contributed by atoms with E-state index >= 15 is 0 Å². The van der Waals surface area contributed by atoms with Crippen molar-refractivity contribution in [3.05, 3.63) is 0 Å². The van der Waals surface area contributed by atoms with Gasteiger partial charge in [-0.3, -0.25) is 4.79 Å². The zero-order valence-electron chi connectivity index (χ0n) is 9.29. The molecular weight excluding hydrogens is 180 g/mol. The minimum atomic E-state index is -0.454. The average molecular weight is 202 g/mol. The van der Waals surface area contributed by atoms with Crippen molar-refractivity contribution >= 4 is 5.91 Å². The van der Waals surface area contributed by atoms with E-state index in [1.54, 1.807) is 0 Å². The molecule has 0 heterocycles. The molecule has 4 heteroatoms. The molecule has 0 saturated heterocycles. The Morgan fingerprint density at radius 3 is 2.43 bits per heavy atom. The van der Waals surface area contributed by atoms with Crippen LogP contribution in [0, 0.1) is 11.8 Å². The minimum Gasteiger partial charge on any atom is -0.391 e. The van der Waals surface area contributed by atoms with Crippen LogP contribution >= 0.6 is 0 Å². The largest absolute Gasteiger partial charge is 0.391 e. The predicted molar refractivity (Wildman–Crippen MR) is 56.7 cm³/mol. The summed E-state index contributed by atoms with van der Waals surface area (Å²) in [6, 6.07) is 0. The molecule has 0 bridgehead atoms. The second-order valence-corrected chi connectivity index (χ2v) is 3.89. The number of hydrogen-bond donors (Lipinski definition) is 3. The maximum atomic E-state index is 11.5. The van der Waals surface area contributed by atoms with Gasteiger partial charge in [0.2, 0.25) is 5.91 Å². The lowest BCUT2D eigenvalue weighted by atomic mass is 9.95. The molecule has 0 aromatic rings. The lowest BCUT2D eigenvalue weighted by Gasteiger charge is -2.19. The second-order valence-electron chi connectivity index (χ2n) is 3.89. The molecule has 4 nitrogen and oxygen atoms in total. The van der Waals surface area contributed by atoms with Gasteiger partial charge in [0.05, 0.1) is 12.0 Å². The standard InChI is InChI=1S/C10H22N2O2/c1-4-8(13)6-12-10(14)9(5-11)7(2)3/h7-9,13H,4-6,11H2,1-3H3,(H,12,14). The Kier molecular flexibility index (Phi) is 6.49. The summed E-state index contributed by atoms with van der Waals surface area (Å²) in [6.07, 6.45) is 0.194. The van der Waals surface area contributed by atoms with E-state index in [1.807, 2.05) is 20.8 Å². The molecule has 0 aliphatic rings. The molecular formula is C10H22N2O2. The summed E-state index contributed by atoms with van der Waals surface area (Å²) in [7, 11) is 0. The van der Waals surface area contributed by atoms with Crippen molar-refractivity contribution in [1.82, 2.24) is 5.32 Å². The summed E-state index contributed by atoms with van der Waals surface area (Å²) in [5.74, 6) is 0.0211. The van der Waals surface area contributed by atoms with Gasteiger partial charge in [-0.05, 0) is 12.3 Å². The van der Waals surface area contributed by atoms with Crippen LogP contribution in [0.2, 0.25) is 0 Å². The minimum absolute atomic E-state index is 0.0602. The Balaban J connectivity index is 3.93. The Morgan fingerprint density at radius 2 is 2.07 bits per heavy atom. The van der Waals surface area contributed by atoms with Crippen LogP contribution in [0.4, 0.5) is 0 Å². The number of carbonyl (C=O) groups excluding carboxylic acids is 1. The Morgan fingerprint density at radius 1 is 1.50 bits per heavy atom. The lowest BCUT2D eigenvalue weighted by molar-refractivity contribution is -0.126. The van der Waals surface area contributed by atoms with E-state index < -0.39 is 6.10 Å². The van der Waals surface area contributed by atoms with Gasteiger partial charge < -0.3 is 16.2 Å². The van der Waals surface area contributed by atoms with E-state index in [-0.39, 0.29) is 17.7 Å². The number of aliphatic hydroxyl groups is 1. The van der Waals surface area contributed by atoms with Crippen molar-refractivity contribution in [2.75, 3.05) is 13.1 Å². The normalized spacial score (nSPS) is 15.3. The molecule has 2 atom stereocenters. The molecule has 84 valence electrons. The third kappa shape index (κ3) is 4.58. The third-order valence-corrected chi connectivity index (χ3v) is 2.38. The zero-order chi connectivity index (χ0) is 11.1. The zero-order valence-corrected chi connectivity index (χ0v) is 9.29. The van der Waals surface area contributed by atoms with Gasteiger partial charge in [-0.2, -0.15) is 0 Å². The molecule has 0 aliphatic carbocycles. The fraction of sp³-hybridized carbons (Fsp3) is 0.900. The summed E-state index contributed by atoms with van der Waals surface area (Å²) in [5, 5.41) is 12.0. The Bertz CT molecular complexity index is 172.